The summed E-state index contributed by atoms with van der Waals surface area (Å²) in [4.78, 5) is 0. The topological polar surface area (TPSA) is 51.0 Å². The van der Waals surface area contributed by atoms with E-state index in [1.54, 1.807) is 0 Å². The van der Waals surface area contributed by atoms with E-state index >= 15 is 0 Å². The van der Waals surface area contributed by atoms with Gasteiger partial charge in [0.05, 0.1) is 6.04 Å². The molecule has 1 unspecified atom stereocenters. The van der Waals surface area contributed by atoms with Crippen LogP contribution in [0.15, 0.2) is 4.42 Å². The Hall–Kier alpha value is -0.900. The van der Waals surface area contributed by atoms with Crippen LogP contribution in [0.2, 0.25) is 0 Å². The Bertz CT molecular complexity index is 303. The SMILES string of the molecule is CCC(NC)c1nnc(CC2CCC2)o1. The standard InChI is InChI=1S/C11H19N3O/c1-3-9(12-2)11-14-13-10(15-11)7-8-5-4-6-8/h8-9,12H,3-7H2,1-2H3. The summed E-state index contributed by atoms with van der Waals surface area (Å²) < 4.78 is 5.65. The molecule has 1 heterocycles. The van der Waals surface area contributed by atoms with Crippen LogP contribution in [-0.4, -0.2) is 17.2 Å². The normalized spacial score (nSPS) is 18.8. The van der Waals surface area contributed by atoms with Gasteiger partial charge in [0.15, 0.2) is 0 Å². The van der Waals surface area contributed by atoms with Gasteiger partial charge in [-0.2, -0.15) is 0 Å². The summed E-state index contributed by atoms with van der Waals surface area (Å²) in [6.07, 6.45) is 5.94. The minimum absolute atomic E-state index is 0.202. The van der Waals surface area contributed by atoms with Crippen LogP contribution in [-0.2, 0) is 6.42 Å². The Kier molecular flexibility index (Phi) is 3.36. The molecule has 15 heavy (non-hydrogen) atoms. The van der Waals surface area contributed by atoms with Crippen LogP contribution in [0, 0.1) is 5.92 Å². The lowest BCUT2D eigenvalue weighted by molar-refractivity contribution is 0.282. The molecule has 84 valence electrons. The van der Waals surface area contributed by atoms with Gasteiger partial charge in [0.2, 0.25) is 11.8 Å². The van der Waals surface area contributed by atoms with Crippen LogP contribution < -0.4 is 5.32 Å². The molecule has 1 aliphatic rings. The van der Waals surface area contributed by atoms with Crippen LogP contribution >= 0.6 is 0 Å². The van der Waals surface area contributed by atoms with Crippen molar-refractivity contribution >= 4 is 0 Å². The molecule has 0 aliphatic heterocycles. The summed E-state index contributed by atoms with van der Waals surface area (Å²) in [7, 11) is 1.92. The zero-order valence-corrected chi connectivity index (χ0v) is 9.49. The van der Waals surface area contributed by atoms with Gasteiger partial charge >= 0.3 is 0 Å². The van der Waals surface area contributed by atoms with E-state index in [1.165, 1.54) is 19.3 Å². The van der Waals surface area contributed by atoms with E-state index in [0.29, 0.717) is 0 Å². The van der Waals surface area contributed by atoms with E-state index in [4.69, 9.17) is 4.42 Å². The van der Waals surface area contributed by atoms with E-state index in [1.807, 2.05) is 7.05 Å². The maximum atomic E-state index is 5.65. The third-order valence-corrected chi connectivity index (χ3v) is 3.23. The number of nitrogens with zero attached hydrogens (tertiary/aromatic N) is 2. The van der Waals surface area contributed by atoms with Crippen molar-refractivity contribution in [3.63, 3.8) is 0 Å². The summed E-state index contributed by atoms with van der Waals surface area (Å²) in [6, 6.07) is 0.202. The average Bonchev–Trinajstić information content (AvgIpc) is 2.62. The second kappa shape index (κ2) is 4.75. The second-order valence-electron chi connectivity index (χ2n) is 4.28. The molecular formula is C11H19N3O. The van der Waals surface area contributed by atoms with Gasteiger partial charge in [-0.25, -0.2) is 0 Å². The van der Waals surface area contributed by atoms with Crippen molar-refractivity contribution in [2.45, 2.75) is 45.1 Å². The first-order valence-corrected chi connectivity index (χ1v) is 5.83. The molecule has 4 nitrogen and oxygen atoms in total. The summed E-state index contributed by atoms with van der Waals surface area (Å²) in [5, 5.41) is 11.4. The van der Waals surface area contributed by atoms with E-state index < -0.39 is 0 Å². The molecule has 4 heteroatoms. The molecule has 0 radical (unpaired) electrons. The Balaban J connectivity index is 1.95. The van der Waals surface area contributed by atoms with Gasteiger partial charge in [-0.05, 0) is 32.2 Å². The van der Waals surface area contributed by atoms with Crippen molar-refractivity contribution in [3.05, 3.63) is 11.8 Å². The summed E-state index contributed by atoms with van der Waals surface area (Å²) in [5.74, 6) is 2.32. The maximum absolute atomic E-state index is 5.65. The van der Waals surface area contributed by atoms with Crippen LogP contribution in [0.25, 0.3) is 0 Å². The first-order valence-electron chi connectivity index (χ1n) is 5.83. The highest BCUT2D eigenvalue weighted by Gasteiger charge is 2.22. The number of hydrogen-bond donors (Lipinski definition) is 1. The zero-order chi connectivity index (χ0) is 10.7. The molecule has 1 aliphatic carbocycles. The number of rotatable bonds is 5. The molecule has 1 aromatic rings. The fourth-order valence-electron chi connectivity index (χ4n) is 1.94. The van der Waals surface area contributed by atoms with Crippen LogP contribution in [0.1, 0.15) is 50.4 Å². The van der Waals surface area contributed by atoms with E-state index in [0.717, 1.165) is 30.5 Å². The second-order valence-corrected chi connectivity index (χ2v) is 4.28. The van der Waals surface area contributed by atoms with Crippen molar-refractivity contribution in [2.24, 2.45) is 5.92 Å². The lowest BCUT2D eigenvalue weighted by Crippen LogP contribution is -2.15. The van der Waals surface area contributed by atoms with Crippen molar-refractivity contribution in [3.8, 4) is 0 Å². The number of hydrogen-bond acceptors (Lipinski definition) is 4. The molecule has 0 aromatic carbocycles. The maximum Gasteiger partial charge on any atom is 0.233 e. The van der Waals surface area contributed by atoms with Crippen LogP contribution in [0.4, 0.5) is 0 Å². The third-order valence-electron chi connectivity index (χ3n) is 3.23. The highest BCUT2D eigenvalue weighted by atomic mass is 16.4. The van der Waals surface area contributed by atoms with Gasteiger partial charge in [0.25, 0.3) is 0 Å². The molecular weight excluding hydrogens is 190 g/mol. The average molecular weight is 209 g/mol. The molecule has 1 N–H and O–H groups in total. The van der Waals surface area contributed by atoms with Crippen LogP contribution in [0.3, 0.4) is 0 Å². The Labute approximate surface area is 90.5 Å². The van der Waals surface area contributed by atoms with E-state index in [9.17, 15) is 0 Å². The lowest BCUT2D eigenvalue weighted by atomic mass is 9.83. The monoisotopic (exact) mass is 209 g/mol. The molecule has 0 saturated heterocycles. The van der Waals surface area contributed by atoms with E-state index in [2.05, 4.69) is 22.4 Å². The first kappa shape index (κ1) is 10.6. The third kappa shape index (κ3) is 2.37. The molecule has 0 amide bonds. The minimum Gasteiger partial charge on any atom is -0.424 e. The smallest absolute Gasteiger partial charge is 0.233 e. The van der Waals surface area contributed by atoms with Gasteiger partial charge in [-0.3, -0.25) is 0 Å². The van der Waals surface area contributed by atoms with Gasteiger partial charge in [-0.1, -0.05) is 13.3 Å². The van der Waals surface area contributed by atoms with Gasteiger partial charge in [-0.15, -0.1) is 10.2 Å². The molecule has 1 fully saturated rings. The molecule has 2 rings (SSSR count). The molecule has 1 saturated carbocycles. The Morgan fingerprint density at radius 3 is 2.80 bits per heavy atom. The number of aromatic nitrogens is 2. The van der Waals surface area contributed by atoms with Crippen molar-refractivity contribution < 1.29 is 4.42 Å². The van der Waals surface area contributed by atoms with Gasteiger partial charge in [0, 0.05) is 6.42 Å². The summed E-state index contributed by atoms with van der Waals surface area (Å²) in [6.45, 7) is 2.11. The Morgan fingerprint density at radius 1 is 1.47 bits per heavy atom. The first-order chi connectivity index (χ1) is 7.33. The predicted molar refractivity (Wildman–Crippen MR) is 57.4 cm³/mol. The minimum atomic E-state index is 0.202. The highest BCUT2D eigenvalue weighted by Crippen LogP contribution is 2.29. The van der Waals surface area contributed by atoms with E-state index in [-0.39, 0.29) is 6.04 Å². The predicted octanol–water partition coefficient (Wildman–Crippen LogP) is 2.08. The fourth-order valence-corrected chi connectivity index (χ4v) is 1.94. The van der Waals surface area contributed by atoms with Crippen molar-refractivity contribution in [1.29, 1.82) is 0 Å². The molecule has 1 aromatic heterocycles. The van der Waals surface area contributed by atoms with Gasteiger partial charge < -0.3 is 9.73 Å². The highest BCUT2D eigenvalue weighted by molar-refractivity contribution is 4.91. The zero-order valence-electron chi connectivity index (χ0n) is 9.49. The Morgan fingerprint density at radius 2 is 2.27 bits per heavy atom. The number of nitrogens with one attached hydrogen (secondary N) is 1. The molecule has 0 bridgehead atoms. The van der Waals surface area contributed by atoms with Crippen molar-refractivity contribution in [2.75, 3.05) is 7.05 Å². The quantitative estimate of drug-likeness (QED) is 0.806. The summed E-state index contributed by atoms with van der Waals surface area (Å²) in [5.41, 5.74) is 0. The van der Waals surface area contributed by atoms with Crippen LogP contribution in [0.5, 0.6) is 0 Å². The molecule has 1 atom stereocenters. The lowest BCUT2D eigenvalue weighted by Gasteiger charge is -2.23. The fraction of sp³-hybridized carbons (Fsp3) is 0.818. The largest absolute Gasteiger partial charge is 0.424 e. The van der Waals surface area contributed by atoms with Crippen molar-refractivity contribution in [1.82, 2.24) is 15.5 Å². The van der Waals surface area contributed by atoms with Gasteiger partial charge in [0.1, 0.15) is 0 Å². The summed E-state index contributed by atoms with van der Waals surface area (Å²) >= 11 is 0. The molecule has 0 spiro atoms.